The van der Waals surface area contributed by atoms with Gasteiger partial charge >= 0.3 is 0 Å². The summed E-state index contributed by atoms with van der Waals surface area (Å²) in [5.41, 5.74) is 3.39. The fourth-order valence-corrected chi connectivity index (χ4v) is 3.91. The molecule has 0 radical (unpaired) electrons. The first kappa shape index (κ1) is 19.5. The maximum Gasteiger partial charge on any atom is 0.279 e. The van der Waals surface area contributed by atoms with E-state index in [2.05, 4.69) is 16.8 Å². The Balaban J connectivity index is 1.78. The Morgan fingerprint density at radius 2 is 1.48 bits per heavy atom. The number of amides is 1. The average Bonchev–Trinajstić information content (AvgIpc) is 2.93. The van der Waals surface area contributed by atoms with E-state index in [0.29, 0.717) is 12.3 Å². The van der Waals surface area contributed by atoms with Crippen LogP contribution in [0.4, 0.5) is 5.69 Å². The average molecular weight is 366 g/mol. The van der Waals surface area contributed by atoms with Crippen LogP contribution in [0, 0.1) is 0 Å². The lowest BCUT2D eigenvalue weighted by Gasteiger charge is -2.13. The molecule has 0 unspecified atom stereocenters. The highest BCUT2D eigenvalue weighted by atomic mass is 16.2. The van der Waals surface area contributed by atoms with Crippen molar-refractivity contribution in [2.24, 2.45) is 10.2 Å². The molecule has 0 spiro atoms. The summed E-state index contributed by atoms with van der Waals surface area (Å²) in [5, 5.41) is 9.02. The van der Waals surface area contributed by atoms with Crippen LogP contribution in [-0.4, -0.2) is 23.9 Å². The van der Waals surface area contributed by atoms with Crippen molar-refractivity contribution in [3.63, 3.8) is 0 Å². The van der Waals surface area contributed by atoms with Crippen molar-refractivity contribution in [3.05, 3.63) is 42.5 Å². The Morgan fingerprint density at radius 3 is 2.11 bits per heavy atom. The summed E-state index contributed by atoms with van der Waals surface area (Å²) < 4.78 is 0. The van der Waals surface area contributed by atoms with Crippen LogP contribution >= 0.6 is 0 Å². The Hall–Kier alpha value is -2.23. The monoisotopic (exact) mass is 365 g/mol. The minimum atomic E-state index is -0.0754. The number of hydrogen-bond acceptors (Lipinski definition) is 3. The second kappa shape index (κ2) is 10.2. The second-order valence-corrected chi connectivity index (χ2v) is 7.52. The van der Waals surface area contributed by atoms with Crippen LogP contribution in [0.5, 0.6) is 0 Å². The number of rotatable bonds is 3. The normalized spacial score (nSPS) is 20.7. The lowest BCUT2D eigenvalue weighted by molar-refractivity contribution is -0.112. The van der Waals surface area contributed by atoms with Crippen LogP contribution < -0.4 is 4.90 Å². The minimum Gasteiger partial charge on any atom is -0.302 e. The molecule has 1 aliphatic heterocycles. The number of nitrogens with zero attached hydrogens (tertiary/aromatic N) is 3. The summed E-state index contributed by atoms with van der Waals surface area (Å²) in [6.45, 7) is 4.26. The number of benzene rings is 1. The first-order chi connectivity index (χ1) is 13.3. The predicted molar refractivity (Wildman–Crippen MR) is 114 cm³/mol. The molecule has 1 aliphatic carbocycles. The number of anilines is 1. The van der Waals surface area contributed by atoms with E-state index in [9.17, 15) is 4.79 Å². The van der Waals surface area contributed by atoms with Crippen molar-refractivity contribution in [1.29, 1.82) is 0 Å². The van der Waals surface area contributed by atoms with Crippen molar-refractivity contribution in [2.45, 2.75) is 70.6 Å². The zero-order chi connectivity index (χ0) is 18.9. The first-order valence-electron chi connectivity index (χ1n) is 10.5. The fourth-order valence-electron chi connectivity index (χ4n) is 3.91. The highest BCUT2D eigenvalue weighted by Gasteiger charge is 2.33. The number of carbonyl (C=O) groups is 1. The molecule has 0 aromatic heterocycles. The van der Waals surface area contributed by atoms with E-state index in [4.69, 9.17) is 0 Å². The summed E-state index contributed by atoms with van der Waals surface area (Å²) in [6.07, 6.45) is 15.4. The van der Waals surface area contributed by atoms with E-state index >= 15 is 0 Å². The van der Waals surface area contributed by atoms with Gasteiger partial charge in [-0.1, -0.05) is 69.2 Å². The van der Waals surface area contributed by atoms with Crippen LogP contribution in [0.15, 0.2) is 47.1 Å². The molecule has 4 heteroatoms. The molecule has 27 heavy (non-hydrogen) atoms. The zero-order valence-corrected chi connectivity index (χ0v) is 16.3. The molecular weight excluding hydrogens is 334 g/mol. The maximum atomic E-state index is 12.8. The third-order valence-electron chi connectivity index (χ3n) is 5.43. The summed E-state index contributed by atoms with van der Waals surface area (Å²) in [5.74, 6) is -0.0754. The van der Waals surface area contributed by atoms with Gasteiger partial charge in [0.15, 0.2) is 5.71 Å². The molecule has 144 valence electrons. The van der Waals surface area contributed by atoms with Crippen LogP contribution in [0.25, 0.3) is 0 Å². The van der Waals surface area contributed by atoms with E-state index in [-0.39, 0.29) is 5.91 Å². The molecule has 1 aromatic carbocycles. The van der Waals surface area contributed by atoms with E-state index in [1.165, 1.54) is 57.8 Å². The zero-order valence-electron chi connectivity index (χ0n) is 16.3. The molecule has 4 nitrogen and oxygen atoms in total. The Morgan fingerprint density at radius 1 is 0.889 bits per heavy atom. The van der Waals surface area contributed by atoms with Crippen molar-refractivity contribution in [1.82, 2.24) is 0 Å². The highest BCUT2D eigenvalue weighted by molar-refractivity contribution is 6.54. The standard InChI is InChI=1S/C23H31N3O/c1-2-18-26-21-17-13-12-16-20(21)22(23(26)27)25-24-19-14-10-8-6-4-3-5-7-9-11-15-19/h2,12-13,16-17H,1,3-11,14-15,18H2/b25-22+. The molecule has 1 fully saturated rings. The van der Waals surface area contributed by atoms with Gasteiger partial charge in [-0.3, -0.25) is 4.79 Å². The smallest absolute Gasteiger partial charge is 0.279 e. The number of carbonyl (C=O) groups excluding carboxylic acids is 1. The van der Waals surface area contributed by atoms with Crippen LogP contribution in [0.2, 0.25) is 0 Å². The molecule has 0 saturated heterocycles. The van der Waals surface area contributed by atoms with Crippen LogP contribution in [-0.2, 0) is 4.79 Å². The fraction of sp³-hybridized carbons (Fsp3) is 0.522. The van der Waals surface area contributed by atoms with Gasteiger partial charge in [-0.05, 0) is 31.7 Å². The SMILES string of the molecule is C=CCN1C(=O)/C(=N/N=C2CCCCCCCCCCC2)c2ccccc21. The molecule has 1 aromatic rings. The molecule has 0 N–H and O–H groups in total. The maximum absolute atomic E-state index is 12.8. The Labute approximate surface area is 163 Å². The van der Waals surface area contributed by atoms with Gasteiger partial charge in [0, 0.05) is 17.8 Å². The molecule has 1 amide bonds. The van der Waals surface area contributed by atoms with E-state index in [1.807, 2.05) is 24.3 Å². The Kier molecular flexibility index (Phi) is 7.37. The number of fused-ring (bicyclic) bond motifs is 1. The van der Waals surface area contributed by atoms with E-state index < -0.39 is 0 Å². The summed E-state index contributed by atoms with van der Waals surface area (Å²) in [4.78, 5) is 14.5. The van der Waals surface area contributed by atoms with Gasteiger partial charge < -0.3 is 4.90 Å². The third kappa shape index (κ3) is 5.15. The molecule has 1 saturated carbocycles. The van der Waals surface area contributed by atoms with Crippen molar-refractivity contribution < 1.29 is 4.79 Å². The van der Waals surface area contributed by atoms with Gasteiger partial charge in [-0.15, -0.1) is 11.7 Å². The van der Waals surface area contributed by atoms with Crippen molar-refractivity contribution in [2.75, 3.05) is 11.4 Å². The number of para-hydroxylation sites is 1. The number of hydrogen-bond donors (Lipinski definition) is 0. The second-order valence-electron chi connectivity index (χ2n) is 7.52. The topological polar surface area (TPSA) is 45.0 Å². The van der Waals surface area contributed by atoms with Gasteiger partial charge in [0.25, 0.3) is 5.91 Å². The molecule has 2 aliphatic rings. The summed E-state index contributed by atoms with van der Waals surface area (Å²) in [7, 11) is 0. The van der Waals surface area contributed by atoms with E-state index in [0.717, 1.165) is 29.8 Å². The predicted octanol–water partition coefficient (Wildman–Crippen LogP) is 5.67. The van der Waals surface area contributed by atoms with Crippen LogP contribution in [0.3, 0.4) is 0 Å². The first-order valence-corrected chi connectivity index (χ1v) is 10.5. The quantitative estimate of drug-likeness (QED) is 0.503. The minimum absolute atomic E-state index is 0.0754. The largest absolute Gasteiger partial charge is 0.302 e. The third-order valence-corrected chi connectivity index (χ3v) is 5.43. The highest BCUT2D eigenvalue weighted by Crippen LogP contribution is 2.29. The van der Waals surface area contributed by atoms with Crippen LogP contribution in [0.1, 0.15) is 76.2 Å². The van der Waals surface area contributed by atoms with Crippen molar-refractivity contribution in [3.8, 4) is 0 Å². The van der Waals surface area contributed by atoms with E-state index in [1.54, 1.807) is 11.0 Å². The molecular formula is C23H31N3O. The van der Waals surface area contributed by atoms with Gasteiger partial charge in [0.2, 0.25) is 0 Å². The molecule has 3 rings (SSSR count). The Bertz CT molecular complexity index is 706. The van der Waals surface area contributed by atoms with Crippen molar-refractivity contribution >= 4 is 23.0 Å². The molecule has 0 bridgehead atoms. The lowest BCUT2D eigenvalue weighted by atomic mass is 10.00. The van der Waals surface area contributed by atoms with Gasteiger partial charge in [0.1, 0.15) is 0 Å². The van der Waals surface area contributed by atoms with Gasteiger partial charge in [0.05, 0.1) is 5.69 Å². The lowest BCUT2D eigenvalue weighted by Crippen LogP contribution is -2.30. The van der Waals surface area contributed by atoms with Gasteiger partial charge in [-0.25, -0.2) is 0 Å². The molecule has 1 heterocycles. The van der Waals surface area contributed by atoms with Gasteiger partial charge in [-0.2, -0.15) is 5.10 Å². The molecule has 0 atom stereocenters. The summed E-state index contributed by atoms with van der Waals surface area (Å²) >= 11 is 0. The summed E-state index contributed by atoms with van der Waals surface area (Å²) in [6, 6.07) is 7.81.